The van der Waals surface area contributed by atoms with E-state index in [1.165, 1.54) is 5.69 Å². The minimum Gasteiger partial charge on any atom is -0.478 e. The minimum absolute atomic E-state index is 0.0961. The molecule has 2 aromatic rings. The molecule has 108 valence electrons. The summed E-state index contributed by atoms with van der Waals surface area (Å²) in [7, 11) is 0. The molecular formula is C17H23NO2. The van der Waals surface area contributed by atoms with Gasteiger partial charge in [-0.2, -0.15) is 0 Å². The molecule has 0 aliphatic rings. The van der Waals surface area contributed by atoms with Gasteiger partial charge in [-0.3, -0.25) is 0 Å². The number of hydrogen-bond donors (Lipinski definition) is 1. The molecule has 20 heavy (non-hydrogen) atoms. The highest BCUT2D eigenvalue weighted by molar-refractivity contribution is 5.96. The van der Waals surface area contributed by atoms with Crippen LogP contribution in [0.2, 0.25) is 0 Å². The molecule has 0 unspecified atom stereocenters. The van der Waals surface area contributed by atoms with Crippen LogP contribution in [-0.4, -0.2) is 15.6 Å². The molecule has 0 fully saturated rings. The van der Waals surface area contributed by atoms with E-state index in [1.54, 1.807) is 6.07 Å². The average molecular weight is 273 g/mol. The van der Waals surface area contributed by atoms with E-state index in [-0.39, 0.29) is 5.41 Å². The first kappa shape index (κ1) is 14.6. The molecule has 0 aliphatic heterocycles. The Morgan fingerprint density at radius 1 is 1.20 bits per heavy atom. The first-order chi connectivity index (χ1) is 9.12. The summed E-state index contributed by atoms with van der Waals surface area (Å²) in [6.07, 6.45) is 0. The van der Waals surface area contributed by atoms with Gasteiger partial charge in [-0.15, -0.1) is 0 Å². The number of aryl methyl sites for hydroxylation is 1. The van der Waals surface area contributed by atoms with E-state index in [0.29, 0.717) is 11.6 Å². The molecule has 1 aromatic carbocycles. The Kier molecular flexibility index (Phi) is 3.41. The maximum absolute atomic E-state index is 11.3. The number of nitrogens with zero attached hydrogens (tertiary/aromatic N) is 1. The summed E-state index contributed by atoms with van der Waals surface area (Å²) < 4.78 is 2.29. The van der Waals surface area contributed by atoms with Crippen LogP contribution in [-0.2, 0) is 5.41 Å². The number of hydrogen-bond acceptors (Lipinski definition) is 1. The van der Waals surface area contributed by atoms with Crippen molar-refractivity contribution in [1.82, 2.24) is 4.57 Å². The number of benzene rings is 1. The van der Waals surface area contributed by atoms with E-state index in [2.05, 4.69) is 52.2 Å². The normalized spacial score (nSPS) is 12.3. The Balaban J connectivity index is 2.94. The van der Waals surface area contributed by atoms with Gasteiger partial charge in [0.05, 0.1) is 11.1 Å². The van der Waals surface area contributed by atoms with Gasteiger partial charge < -0.3 is 9.67 Å². The van der Waals surface area contributed by atoms with E-state index in [0.717, 1.165) is 16.5 Å². The largest absolute Gasteiger partial charge is 0.478 e. The molecular weight excluding hydrogens is 250 g/mol. The lowest BCUT2D eigenvalue weighted by Crippen LogP contribution is -2.16. The van der Waals surface area contributed by atoms with Crippen molar-refractivity contribution in [3.05, 3.63) is 35.0 Å². The van der Waals surface area contributed by atoms with Gasteiger partial charge in [-0.1, -0.05) is 20.8 Å². The van der Waals surface area contributed by atoms with Crippen LogP contribution in [0.15, 0.2) is 18.2 Å². The standard InChI is InChI=1S/C17H23NO2/c1-10(2)18-11(3)7-12-8-13(16(19)20)9-14(15(12)18)17(4,5)6/h7-10H,1-6H3,(H,19,20). The molecule has 0 aliphatic carbocycles. The van der Waals surface area contributed by atoms with Crippen molar-refractivity contribution in [2.75, 3.05) is 0 Å². The van der Waals surface area contributed by atoms with Crippen molar-refractivity contribution in [3.8, 4) is 0 Å². The summed E-state index contributed by atoms with van der Waals surface area (Å²) in [5.41, 5.74) is 3.69. The lowest BCUT2D eigenvalue weighted by Gasteiger charge is -2.24. The topological polar surface area (TPSA) is 42.2 Å². The zero-order valence-corrected chi connectivity index (χ0v) is 13.1. The molecule has 3 nitrogen and oxygen atoms in total. The van der Waals surface area contributed by atoms with Crippen LogP contribution in [0.5, 0.6) is 0 Å². The maximum Gasteiger partial charge on any atom is 0.335 e. The molecule has 0 amide bonds. The number of carbonyl (C=O) groups is 1. The molecule has 0 atom stereocenters. The van der Waals surface area contributed by atoms with Crippen molar-refractivity contribution in [2.24, 2.45) is 0 Å². The summed E-state index contributed by atoms with van der Waals surface area (Å²) in [5.74, 6) is -0.868. The molecule has 0 saturated carbocycles. The predicted octanol–water partition coefficient (Wildman–Crippen LogP) is 4.53. The number of rotatable bonds is 2. The summed E-state index contributed by atoms with van der Waals surface area (Å²) in [4.78, 5) is 11.3. The molecule has 1 N–H and O–H groups in total. The summed E-state index contributed by atoms with van der Waals surface area (Å²) in [6, 6.07) is 6.03. The van der Waals surface area contributed by atoms with Gasteiger partial charge in [0.2, 0.25) is 0 Å². The molecule has 1 heterocycles. The molecule has 0 radical (unpaired) electrons. The summed E-state index contributed by atoms with van der Waals surface area (Å²) in [6.45, 7) is 12.8. The third-order valence-corrected chi connectivity index (χ3v) is 3.70. The Morgan fingerprint density at radius 3 is 2.25 bits per heavy atom. The van der Waals surface area contributed by atoms with Gasteiger partial charge in [0, 0.05) is 17.1 Å². The van der Waals surface area contributed by atoms with Gasteiger partial charge in [0.1, 0.15) is 0 Å². The van der Waals surface area contributed by atoms with Gasteiger partial charge in [-0.25, -0.2) is 4.79 Å². The van der Waals surface area contributed by atoms with Crippen molar-refractivity contribution in [2.45, 2.75) is 53.0 Å². The minimum atomic E-state index is -0.868. The number of carboxylic acid groups (broad SMARTS) is 1. The van der Waals surface area contributed by atoms with E-state index in [1.807, 2.05) is 6.07 Å². The van der Waals surface area contributed by atoms with Crippen LogP contribution < -0.4 is 0 Å². The van der Waals surface area contributed by atoms with Gasteiger partial charge in [0.25, 0.3) is 0 Å². The molecule has 2 rings (SSSR count). The quantitative estimate of drug-likeness (QED) is 0.873. The van der Waals surface area contributed by atoms with Crippen molar-refractivity contribution in [3.63, 3.8) is 0 Å². The van der Waals surface area contributed by atoms with E-state index >= 15 is 0 Å². The molecule has 1 aromatic heterocycles. The highest BCUT2D eigenvalue weighted by Crippen LogP contribution is 2.35. The smallest absolute Gasteiger partial charge is 0.335 e. The average Bonchev–Trinajstić information content (AvgIpc) is 2.61. The highest BCUT2D eigenvalue weighted by Gasteiger charge is 2.23. The van der Waals surface area contributed by atoms with Crippen LogP contribution in [0.25, 0.3) is 10.9 Å². The SMILES string of the molecule is Cc1cc2cc(C(=O)O)cc(C(C)(C)C)c2n1C(C)C. The van der Waals surface area contributed by atoms with Crippen LogP contribution in [0.1, 0.15) is 62.3 Å². The molecule has 0 saturated heterocycles. The Hall–Kier alpha value is -1.77. The third-order valence-electron chi connectivity index (χ3n) is 3.70. The summed E-state index contributed by atoms with van der Waals surface area (Å²) in [5, 5.41) is 10.3. The Morgan fingerprint density at radius 2 is 1.80 bits per heavy atom. The predicted molar refractivity (Wildman–Crippen MR) is 82.7 cm³/mol. The van der Waals surface area contributed by atoms with E-state index < -0.39 is 5.97 Å². The monoisotopic (exact) mass is 273 g/mol. The van der Waals surface area contributed by atoms with Crippen LogP contribution in [0, 0.1) is 6.92 Å². The third kappa shape index (κ3) is 2.33. The van der Waals surface area contributed by atoms with E-state index in [4.69, 9.17) is 0 Å². The zero-order valence-electron chi connectivity index (χ0n) is 13.1. The Labute approximate surface area is 120 Å². The first-order valence-electron chi connectivity index (χ1n) is 7.02. The second-order valence-electron chi connectivity index (χ2n) is 6.77. The number of carboxylic acids is 1. The fraction of sp³-hybridized carbons (Fsp3) is 0.471. The fourth-order valence-electron chi connectivity index (χ4n) is 2.87. The zero-order chi connectivity index (χ0) is 15.2. The second kappa shape index (κ2) is 4.65. The van der Waals surface area contributed by atoms with Gasteiger partial charge in [0.15, 0.2) is 0 Å². The van der Waals surface area contributed by atoms with Crippen molar-refractivity contribution in [1.29, 1.82) is 0 Å². The molecule has 0 bridgehead atoms. The second-order valence-corrected chi connectivity index (χ2v) is 6.77. The van der Waals surface area contributed by atoms with Crippen LogP contribution in [0.3, 0.4) is 0 Å². The van der Waals surface area contributed by atoms with Gasteiger partial charge >= 0.3 is 5.97 Å². The maximum atomic E-state index is 11.3. The molecule has 0 spiro atoms. The number of aromatic nitrogens is 1. The number of aromatic carboxylic acids is 1. The molecule has 3 heteroatoms. The lowest BCUT2D eigenvalue weighted by molar-refractivity contribution is 0.0697. The first-order valence-corrected chi connectivity index (χ1v) is 7.02. The van der Waals surface area contributed by atoms with Crippen LogP contribution in [0.4, 0.5) is 0 Å². The van der Waals surface area contributed by atoms with Gasteiger partial charge in [-0.05, 0) is 49.9 Å². The fourth-order valence-corrected chi connectivity index (χ4v) is 2.87. The van der Waals surface area contributed by atoms with Crippen molar-refractivity contribution < 1.29 is 9.90 Å². The Bertz CT molecular complexity index is 672. The highest BCUT2D eigenvalue weighted by atomic mass is 16.4. The number of fused-ring (bicyclic) bond motifs is 1. The van der Waals surface area contributed by atoms with Crippen molar-refractivity contribution >= 4 is 16.9 Å². The van der Waals surface area contributed by atoms with E-state index in [9.17, 15) is 9.90 Å². The summed E-state index contributed by atoms with van der Waals surface area (Å²) >= 11 is 0. The van der Waals surface area contributed by atoms with Crippen LogP contribution >= 0.6 is 0 Å². The lowest BCUT2D eigenvalue weighted by atomic mass is 9.84.